The van der Waals surface area contributed by atoms with Gasteiger partial charge in [0.15, 0.2) is 40.2 Å². The van der Waals surface area contributed by atoms with Gasteiger partial charge in [0.1, 0.15) is 35.5 Å². The molecule has 6 rings (SSSR count). The summed E-state index contributed by atoms with van der Waals surface area (Å²) in [5.41, 5.74) is 2.29. The SMILES string of the molecule is CCOC(=O)Oc1c(OC)ccnc1C(=O)C[C@@H](C)C(=O)O[C@@H](C)C(c1ccc(F)cc1)c1ccc(F)cc1.COc1ccnc(C(=O)C[C@@H](C)C(=O)O[C@@H](C)C(c2ccc(F)cc2)c2ccc(F)cc2)c1O.[Li+].[OH-]. The third-order valence-corrected chi connectivity index (χ3v) is 11.4. The molecule has 0 bridgehead atoms. The number of ether oxygens (including phenoxy) is 6. The molecule has 4 atom stereocenters. The zero-order valence-corrected chi connectivity index (χ0v) is 42.4. The Morgan fingerprint density at radius 1 is 0.533 bits per heavy atom. The van der Waals surface area contributed by atoms with Gasteiger partial charge in [-0.05, 0) is 91.6 Å². The number of methoxy groups -OCH3 is 2. The molecular weight excluding hydrogens is 980 g/mol. The van der Waals surface area contributed by atoms with Crippen molar-refractivity contribution in [2.45, 2.75) is 71.5 Å². The van der Waals surface area contributed by atoms with E-state index in [0.29, 0.717) is 22.3 Å². The Morgan fingerprint density at radius 3 is 1.21 bits per heavy atom. The number of pyridine rings is 2. The van der Waals surface area contributed by atoms with Crippen molar-refractivity contribution in [3.8, 4) is 23.0 Å². The number of benzene rings is 4. The molecule has 2 N–H and O–H groups in total. The minimum absolute atomic E-state index is 0. The summed E-state index contributed by atoms with van der Waals surface area (Å²) in [6, 6.07) is 25.8. The minimum Gasteiger partial charge on any atom is -0.870 e. The third kappa shape index (κ3) is 17.0. The predicted molar refractivity (Wildman–Crippen MR) is 259 cm³/mol. The van der Waals surface area contributed by atoms with Crippen LogP contribution in [0, 0.1) is 35.1 Å². The fraction of sp³-hybridized carbons (Fsp3) is 0.291. The maximum absolute atomic E-state index is 13.6. The number of Topliss-reactive ketones (excluding diaryl/α,β-unsaturated/α-hetero) is 2. The first-order valence-electron chi connectivity index (χ1n) is 22.9. The van der Waals surface area contributed by atoms with E-state index >= 15 is 0 Å². The summed E-state index contributed by atoms with van der Waals surface area (Å²) in [5, 5.41) is 10.1. The molecule has 0 aliphatic carbocycles. The number of aromatic nitrogens is 2. The Hall–Kier alpha value is -7.59. The topological polar surface area (TPSA) is 217 Å². The number of nitrogens with zero attached hydrogens (tertiary/aromatic N) is 2. The number of hydrogen-bond donors (Lipinski definition) is 1. The van der Waals surface area contributed by atoms with Crippen LogP contribution in [0.25, 0.3) is 0 Å². The van der Waals surface area contributed by atoms with E-state index in [9.17, 15) is 46.6 Å². The van der Waals surface area contributed by atoms with Crippen LogP contribution in [0.3, 0.4) is 0 Å². The van der Waals surface area contributed by atoms with Crippen LogP contribution >= 0.6 is 0 Å². The fourth-order valence-corrected chi connectivity index (χ4v) is 7.72. The van der Waals surface area contributed by atoms with Crippen molar-refractivity contribution in [1.82, 2.24) is 9.97 Å². The first-order chi connectivity index (χ1) is 34.8. The zero-order chi connectivity index (χ0) is 53.4. The van der Waals surface area contributed by atoms with E-state index < -0.39 is 94.6 Å². The maximum Gasteiger partial charge on any atom is 1.00 e. The minimum atomic E-state index is -1.04. The second kappa shape index (κ2) is 29.3. The van der Waals surface area contributed by atoms with Gasteiger partial charge >= 0.3 is 37.0 Å². The van der Waals surface area contributed by atoms with E-state index in [0.717, 1.165) is 0 Å². The molecule has 0 unspecified atom stereocenters. The Morgan fingerprint density at radius 2 is 0.867 bits per heavy atom. The molecule has 4 aromatic carbocycles. The van der Waals surface area contributed by atoms with Crippen LogP contribution in [0.4, 0.5) is 22.4 Å². The Kier molecular flexibility index (Phi) is 24.1. The molecule has 2 aromatic heterocycles. The van der Waals surface area contributed by atoms with Crippen molar-refractivity contribution < 1.29 is 99.4 Å². The molecule has 0 spiro atoms. The van der Waals surface area contributed by atoms with Crippen LogP contribution in [0.1, 0.15) is 103 Å². The number of rotatable bonds is 20. The van der Waals surface area contributed by atoms with Gasteiger partial charge in [-0.3, -0.25) is 19.2 Å². The van der Waals surface area contributed by atoms with Crippen LogP contribution < -0.4 is 33.1 Å². The number of ketones is 2. The van der Waals surface area contributed by atoms with E-state index in [2.05, 4.69) is 9.97 Å². The van der Waals surface area contributed by atoms with Crippen molar-refractivity contribution in [2.75, 3.05) is 20.8 Å². The molecule has 0 aliphatic heterocycles. The summed E-state index contributed by atoms with van der Waals surface area (Å²) in [6.45, 7) is 8.05. The van der Waals surface area contributed by atoms with E-state index in [1.54, 1.807) is 69.3 Å². The number of carbonyl (C=O) groups is 5. The number of hydrogen-bond acceptors (Lipinski definition) is 15. The molecular formula is C55H55F4LiN2O13. The molecule has 0 radical (unpaired) electrons. The standard InChI is InChI=1S/C29H29F2NO7.C26H25F2NO5.Li.H2O/c1-5-37-29(35)39-27-24(36-4)14-15-32-26(27)23(33)16-17(2)28(34)38-18(3)25(19-6-10-21(30)11-7-19)20-8-12-22(31)13-9-20;1-15(14-21(30)24-25(31)22(33-3)12-13-29-24)26(32)34-16(2)23(17-4-8-19(27)9-5-17)18-6-10-20(28)11-7-18;;/h6-15,17-18,25H,5,16H2,1-4H3;4-13,15-16,23,31H,14H2,1-3H3;;1H2/q;;+1;/p-1/t17-,18+;15-,16+;;/m11../s1. The van der Waals surface area contributed by atoms with Crippen molar-refractivity contribution in [1.29, 1.82) is 0 Å². The second-order valence-electron chi connectivity index (χ2n) is 16.7. The van der Waals surface area contributed by atoms with Gasteiger partial charge in [-0.1, -0.05) is 62.4 Å². The predicted octanol–water partition coefficient (Wildman–Crippen LogP) is 7.75. The van der Waals surface area contributed by atoms with Gasteiger partial charge in [0, 0.05) is 49.2 Å². The molecule has 15 nitrogen and oxygen atoms in total. The van der Waals surface area contributed by atoms with Crippen LogP contribution in [0.2, 0.25) is 0 Å². The first kappa shape index (κ1) is 61.7. The maximum atomic E-state index is 13.6. The summed E-state index contributed by atoms with van der Waals surface area (Å²) in [5.74, 6) is -7.25. The largest absolute Gasteiger partial charge is 1.00 e. The van der Waals surface area contributed by atoms with E-state index in [1.165, 1.54) is 101 Å². The van der Waals surface area contributed by atoms with E-state index in [1.807, 2.05) is 0 Å². The second-order valence-corrected chi connectivity index (χ2v) is 16.7. The molecule has 392 valence electrons. The number of aromatic hydroxyl groups is 1. The van der Waals surface area contributed by atoms with Crippen molar-refractivity contribution in [2.24, 2.45) is 11.8 Å². The van der Waals surface area contributed by atoms with Gasteiger partial charge in [-0.15, -0.1) is 0 Å². The summed E-state index contributed by atoms with van der Waals surface area (Å²) >= 11 is 0. The molecule has 0 fully saturated rings. The van der Waals surface area contributed by atoms with Gasteiger partial charge in [0.2, 0.25) is 5.75 Å². The van der Waals surface area contributed by atoms with Gasteiger partial charge in [-0.2, -0.15) is 0 Å². The fourth-order valence-electron chi connectivity index (χ4n) is 7.72. The van der Waals surface area contributed by atoms with Crippen molar-refractivity contribution in [3.63, 3.8) is 0 Å². The summed E-state index contributed by atoms with van der Waals surface area (Å²) < 4.78 is 85.5. The van der Waals surface area contributed by atoms with Crippen LogP contribution in [0.5, 0.6) is 23.0 Å². The van der Waals surface area contributed by atoms with E-state index in [-0.39, 0.29) is 72.4 Å². The first-order valence-corrected chi connectivity index (χ1v) is 22.9. The average molecular weight is 1030 g/mol. The Labute approximate surface area is 443 Å². The van der Waals surface area contributed by atoms with Crippen LogP contribution in [-0.4, -0.2) is 83.2 Å². The van der Waals surface area contributed by atoms with Crippen LogP contribution in [-0.2, 0) is 23.8 Å². The molecule has 0 aliphatic rings. The number of carbonyl (C=O) groups excluding carboxylic acids is 5. The molecule has 6 aromatic rings. The van der Waals surface area contributed by atoms with Crippen LogP contribution in [0.15, 0.2) is 122 Å². The monoisotopic (exact) mass is 1030 g/mol. The van der Waals surface area contributed by atoms with Gasteiger partial charge in [0.25, 0.3) is 0 Å². The molecule has 75 heavy (non-hydrogen) atoms. The molecule has 0 amide bonds. The normalized spacial score (nSPS) is 12.2. The average Bonchev–Trinajstić information content (AvgIpc) is 3.36. The van der Waals surface area contributed by atoms with E-state index in [4.69, 9.17) is 28.4 Å². The van der Waals surface area contributed by atoms with Crippen molar-refractivity contribution in [3.05, 3.63) is 178 Å². The molecule has 0 saturated heterocycles. The summed E-state index contributed by atoms with van der Waals surface area (Å²) in [7, 11) is 2.69. The van der Waals surface area contributed by atoms with Gasteiger partial charge < -0.3 is 39.0 Å². The summed E-state index contributed by atoms with van der Waals surface area (Å²) in [6.07, 6.45) is -0.391. The quantitative estimate of drug-likeness (QED) is 0.0254. The number of halogens is 4. The Balaban J connectivity index is 0.000000388. The molecule has 0 saturated carbocycles. The van der Waals surface area contributed by atoms with Gasteiger partial charge in [-0.25, -0.2) is 32.3 Å². The molecule has 20 heteroatoms. The number of esters is 2. The zero-order valence-electron chi connectivity index (χ0n) is 42.4. The third-order valence-electron chi connectivity index (χ3n) is 11.4. The van der Waals surface area contributed by atoms with Crippen molar-refractivity contribution >= 4 is 29.7 Å². The molecule has 2 heterocycles. The smallest absolute Gasteiger partial charge is 0.870 e. The summed E-state index contributed by atoms with van der Waals surface area (Å²) in [4.78, 5) is 71.3. The van der Waals surface area contributed by atoms with Gasteiger partial charge in [0.05, 0.1) is 32.7 Å². The Bertz CT molecular complexity index is 2750.